The van der Waals surface area contributed by atoms with Gasteiger partial charge in [0, 0.05) is 17.1 Å². The molecule has 0 saturated heterocycles. The molecule has 0 amide bonds. The number of nitrogens with one attached hydrogen (secondary N) is 1. The SMILES string of the molecule is COc1ccc(NCc2sccc2C)cc1. The van der Waals surface area contributed by atoms with Crippen molar-refractivity contribution in [2.75, 3.05) is 12.4 Å². The summed E-state index contributed by atoms with van der Waals surface area (Å²) in [6.07, 6.45) is 0. The highest BCUT2D eigenvalue weighted by Gasteiger charge is 1.99. The van der Waals surface area contributed by atoms with Crippen molar-refractivity contribution in [3.05, 3.63) is 46.2 Å². The lowest BCUT2D eigenvalue weighted by Crippen LogP contribution is -1.98. The number of thiophene rings is 1. The zero-order valence-electron chi connectivity index (χ0n) is 9.49. The molecule has 3 heteroatoms. The van der Waals surface area contributed by atoms with Crippen LogP contribution in [-0.4, -0.2) is 7.11 Å². The van der Waals surface area contributed by atoms with Crippen LogP contribution in [0.25, 0.3) is 0 Å². The molecule has 0 atom stereocenters. The van der Waals surface area contributed by atoms with E-state index in [-0.39, 0.29) is 0 Å². The van der Waals surface area contributed by atoms with Gasteiger partial charge in [0.25, 0.3) is 0 Å². The van der Waals surface area contributed by atoms with Gasteiger partial charge in [-0.25, -0.2) is 0 Å². The largest absolute Gasteiger partial charge is 0.497 e. The Hall–Kier alpha value is -1.48. The molecule has 0 bridgehead atoms. The summed E-state index contributed by atoms with van der Waals surface area (Å²) in [7, 11) is 1.68. The summed E-state index contributed by atoms with van der Waals surface area (Å²) < 4.78 is 5.11. The molecule has 0 aliphatic carbocycles. The van der Waals surface area contributed by atoms with Crippen LogP contribution in [0.2, 0.25) is 0 Å². The fraction of sp³-hybridized carbons (Fsp3) is 0.231. The maximum atomic E-state index is 5.11. The summed E-state index contributed by atoms with van der Waals surface area (Å²) in [4.78, 5) is 1.39. The van der Waals surface area contributed by atoms with E-state index in [1.165, 1.54) is 10.4 Å². The fourth-order valence-electron chi connectivity index (χ4n) is 1.48. The highest BCUT2D eigenvalue weighted by molar-refractivity contribution is 7.10. The lowest BCUT2D eigenvalue weighted by molar-refractivity contribution is 0.415. The van der Waals surface area contributed by atoms with Crippen molar-refractivity contribution in [3.8, 4) is 5.75 Å². The van der Waals surface area contributed by atoms with E-state index in [0.717, 1.165) is 18.0 Å². The van der Waals surface area contributed by atoms with Gasteiger partial charge in [-0.1, -0.05) is 0 Å². The minimum atomic E-state index is 0.885. The van der Waals surface area contributed by atoms with Crippen molar-refractivity contribution in [1.82, 2.24) is 0 Å². The van der Waals surface area contributed by atoms with Crippen molar-refractivity contribution in [1.29, 1.82) is 0 Å². The second kappa shape index (κ2) is 5.03. The predicted molar refractivity (Wildman–Crippen MR) is 69.4 cm³/mol. The second-order valence-electron chi connectivity index (χ2n) is 3.61. The average molecular weight is 233 g/mol. The van der Waals surface area contributed by atoms with Gasteiger partial charge < -0.3 is 10.1 Å². The minimum absolute atomic E-state index is 0.885. The third-order valence-corrected chi connectivity index (χ3v) is 3.53. The lowest BCUT2D eigenvalue weighted by Gasteiger charge is -2.06. The minimum Gasteiger partial charge on any atom is -0.497 e. The number of anilines is 1. The van der Waals surface area contributed by atoms with E-state index in [1.54, 1.807) is 18.4 Å². The number of aryl methyl sites for hydroxylation is 1. The molecule has 2 nitrogen and oxygen atoms in total. The first-order valence-corrected chi connectivity index (χ1v) is 6.08. The fourth-order valence-corrected chi connectivity index (χ4v) is 2.32. The molecular weight excluding hydrogens is 218 g/mol. The van der Waals surface area contributed by atoms with Crippen LogP contribution >= 0.6 is 11.3 Å². The van der Waals surface area contributed by atoms with E-state index in [0.29, 0.717) is 0 Å². The van der Waals surface area contributed by atoms with Crippen LogP contribution in [0.1, 0.15) is 10.4 Å². The van der Waals surface area contributed by atoms with Crippen LogP contribution < -0.4 is 10.1 Å². The standard InChI is InChI=1S/C13H15NOS/c1-10-7-8-16-13(10)9-14-11-3-5-12(15-2)6-4-11/h3-8,14H,9H2,1-2H3. The van der Waals surface area contributed by atoms with E-state index < -0.39 is 0 Å². The molecule has 0 spiro atoms. The van der Waals surface area contributed by atoms with Crippen LogP contribution in [0.5, 0.6) is 5.75 Å². The van der Waals surface area contributed by atoms with Crippen molar-refractivity contribution >= 4 is 17.0 Å². The Balaban J connectivity index is 1.97. The van der Waals surface area contributed by atoms with Crippen LogP contribution in [-0.2, 0) is 6.54 Å². The van der Waals surface area contributed by atoms with Crippen LogP contribution in [0, 0.1) is 6.92 Å². The van der Waals surface area contributed by atoms with Crippen LogP contribution in [0.15, 0.2) is 35.7 Å². The number of hydrogen-bond donors (Lipinski definition) is 1. The van der Waals surface area contributed by atoms with Gasteiger partial charge in [-0.2, -0.15) is 0 Å². The highest BCUT2D eigenvalue weighted by atomic mass is 32.1. The normalized spacial score (nSPS) is 10.1. The van der Waals surface area contributed by atoms with Gasteiger partial charge >= 0.3 is 0 Å². The molecule has 2 rings (SSSR count). The molecule has 1 aromatic carbocycles. The van der Waals surface area contributed by atoms with Gasteiger partial charge in [-0.05, 0) is 48.2 Å². The Labute approximate surface area is 99.9 Å². The maximum Gasteiger partial charge on any atom is 0.119 e. The summed E-state index contributed by atoms with van der Waals surface area (Å²) in [5.74, 6) is 0.887. The van der Waals surface area contributed by atoms with Gasteiger partial charge in [0.15, 0.2) is 0 Å². The molecule has 0 radical (unpaired) electrons. The van der Waals surface area contributed by atoms with Crippen molar-refractivity contribution in [2.24, 2.45) is 0 Å². The molecular formula is C13H15NOS. The Morgan fingerprint density at radius 1 is 1.19 bits per heavy atom. The van der Waals surface area contributed by atoms with Crippen molar-refractivity contribution in [2.45, 2.75) is 13.5 Å². The number of hydrogen-bond acceptors (Lipinski definition) is 3. The molecule has 1 aromatic heterocycles. The zero-order chi connectivity index (χ0) is 11.4. The molecule has 84 valence electrons. The Morgan fingerprint density at radius 3 is 2.50 bits per heavy atom. The smallest absolute Gasteiger partial charge is 0.119 e. The molecule has 0 unspecified atom stereocenters. The molecule has 0 aliphatic heterocycles. The Morgan fingerprint density at radius 2 is 1.94 bits per heavy atom. The molecule has 1 N–H and O–H groups in total. The summed E-state index contributed by atoms with van der Waals surface area (Å²) in [5, 5.41) is 5.52. The molecule has 0 aliphatic rings. The number of benzene rings is 1. The first-order valence-electron chi connectivity index (χ1n) is 5.20. The summed E-state index contributed by atoms with van der Waals surface area (Å²) in [5.41, 5.74) is 2.47. The quantitative estimate of drug-likeness (QED) is 0.869. The molecule has 0 saturated carbocycles. The van der Waals surface area contributed by atoms with Gasteiger partial charge in [-0.15, -0.1) is 11.3 Å². The topological polar surface area (TPSA) is 21.3 Å². The van der Waals surface area contributed by atoms with Crippen LogP contribution in [0.3, 0.4) is 0 Å². The average Bonchev–Trinajstić information content (AvgIpc) is 2.73. The molecule has 0 fully saturated rings. The van der Waals surface area contributed by atoms with E-state index in [4.69, 9.17) is 4.74 Å². The highest BCUT2D eigenvalue weighted by Crippen LogP contribution is 2.19. The molecule has 16 heavy (non-hydrogen) atoms. The summed E-state index contributed by atoms with van der Waals surface area (Å²) >= 11 is 1.79. The van der Waals surface area contributed by atoms with Gasteiger partial charge in [-0.3, -0.25) is 0 Å². The number of ether oxygens (including phenoxy) is 1. The Kier molecular flexibility index (Phi) is 3.47. The number of rotatable bonds is 4. The summed E-state index contributed by atoms with van der Waals surface area (Å²) in [6.45, 7) is 3.03. The number of methoxy groups -OCH3 is 1. The first kappa shape index (κ1) is 11.0. The lowest BCUT2D eigenvalue weighted by atomic mass is 10.2. The van der Waals surface area contributed by atoms with Gasteiger partial charge in [0.05, 0.1) is 7.11 Å². The van der Waals surface area contributed by atoms with Crippen molar-refractivity contribution < 1.29 is 4.74 Å². The van der Waals surface area contributed by atoms with E-state index >= 15 is 0 Å². The third-order valence-electron chi connectivity index (χ3n) is 2.51. The molecule has 2 aromatic rings. The van der Waals surface area contributed by atoms with Crippen molar-refractivity contribution in [3.63, 3.8) is 0 Å². The van der Waals surface area contributed by atoms with Crippen LogP contribution in [0.4, 0.5) is 5.69 Å². The van der Waals surface area contributed by atoms with E-state index in [1.807, 2.05) is 24.3 Å². The van der Waals surface area contributed by atoms with Gasteiger partial charge in [0.1, 0.15) is 5.75 Å². The predicted octanol–water partition coefficient (Wildman–Crippen LogP) is 3.68. The monoisotopic (exact) mass is 233 g/mol. The first-order chi connectivity index (χ1) is 7.79. The summed E-state index contributed by atoms with van der Waals surface area (Å²) in [6, 6.07) is 10.1. The van der Waals surface area contributed by atoms with E-state index in [9.17, 15) is 0 Å². The molecule has 1 heterocycles. The second-order valence-corrected chi connectivity index (χ2v) is 4.61. The van der Waals surface area contributed by atoms with E-state index in [2.05, 4.69) is 23.7 Å². The third kappa shape index (κ3) is 2.55. The maximum absolute atomic E-state index is 5.11. The zero-order valence-corrected chi connectivity index (χ0v) is 10.3. The van der Waals surface area contributed by atoms with Gasteiger partial charge in [0.2, 0.25) is 0 Å². The Bertz CT molecular complexity index is 447.